The van der Waals surface area contributed by atoms with Crippen molar-refractivity contribution >= 4 is 22.7 Å². The highest BCUT2D eigenvalue weighted by molar-refractivity contribution is 5.98. The number of carbonyl (C=O) groups is 2. The number of hydrogen-bond acceptors (Lipinski definition) is 6. The van der Waals surface area contributed by atoms with E-state index in [1.165, 1.54) is 43.7 Å². The minimum absolute atomic E-state index is 0.253. The van der Waals surface area contributed by atoms with Gasteiger partial charge >= 0.3 is 11.6 Å². The Morgan fingerprint density at radius 1 is 0.969 bits per heavy atom. The maximum Gasteiger partial charge on any atom is 0.344 e. The van der Waals surface area contributed by atoms with Crippen molar-refractivity contribution in [3.05, 3.63) is 75.6 Å². The van der Waals surface area contributed by atoms with Crippen LogP contribution in [-0.4, -0.2) is 25.0 Å². The van der Waals surface area contributed by atoms with E-state index in [1.54, 1.807) is 30.3 Å². The summed E-state index contributed by atoms with van der Waals surface area (Å²) in [5.74, 6) is 0.0437. The van der Waals surface area contributed by atoms with Gasteiger partial charge < -0.3 is 13.9 Å². The van der Waals surface area contributed by atoms with Gasteiger partial charge in [0.05, 0.1) is 0 Å². The molecular formula is C26H26O6. The maximum atomic E-state index is 12.4. The van der Waals surface area contributed by atoms with Crippen LogP contribution >= 0.6 is 0 Å². The van der Waals surface area contributed by atoms with Crippen LogP contribution in [0.15, 0.2) is 57.7 Å². The molecule has 32 heavy (non-hydrogen) atoms. The molecule has 0 spiro atoms. The van der Waals surface area contributed by atoms with Crippen LogP contribution in [-0.2, 0) is 9.53 Å². The normalized spacial score (nSPS) is 14.3. The standard InChI is InChI=1S/C26H26O6/c1-17-13-25(28)32-24-14-21(11-12-22(17)24)30-16-26(29)31-15-23(27)20-9-7-19(8-10-20)18-5-3-2-4-6-18/h7-14,18H,2-6,15-16H2,1H3. The first-order chi connectivity index (χ1) is 15.5. The fourth-order valence-electron chi connectivity index (χ4n) is 4.19. The molecule has 166 valence electrons. The summed E-state index contributed by atoms with van der Waals surface area (Å²) < 4.78 is 15.7. The summed E-state index contributed by atoms with van der Waals surface area (Å²) in [6, 6.07) is 14.0. The van der Waals surface area contributed by atoms with E-state index >= 15 is 0 Å². The molecule has 1 aliphatic carbocycles. The van der Waals surface area contributed by atoms with Gasteiger partial charge in [0, 0.05) is 23.1 Å². The Morgan fingerprint density at radius 3 is 2.47 bits per heavy atom. The van der Waals surface area contributed by atoms with Gasteiger partial charge in [-0.2, -0.15) is 0 Å². The van der Waals surface area contributed by atoms with Crippen molar-refractivity contribution < 1.29 is 23.5 Å². The molecule has 1 aliphatic rings. The van der Waals surface area contributed by atoms with Crippen LogP contribution in [0.4, 0.5) is 0 Å². The number of fused-ring (bicyclic) bond motifs is 1. The Kier molecular flexibility index (Phi) is 6.69. The third kappa shape index (κ3) is 5.25. The molecule has 0 bridgehead atoms. The SMILES string of the molecule is Cc1cc(=O)oc2cc(OCC(=O)OCC(=O)c3ccc(C4CCCCC4)cc3)ccc12. The molecule has 2 aromatic carbocycles. The summed E-state index contributed by atoms with van der Waals surface area (Å²) >= 11 is 0. The third-order valence-electron chi connectivity index (χ3n) is 5.95. The second-order valence-corrected chi connectivity index (χ2v) is 8.24. The van der Waals surface area contributed by atoms with E-state index in [0.29, 0.717) is 22.8 Å². The molecule has 0 N–H and O–H groups in total. The Bertz CT molecular complexity index is 1170. The number of ether oxygens (including phenoxy) is 2. The Hall–Kier alpha value is -3.41. The van der Waals surface area contributed by atoms with Gasteiger partial charge in [-0.25, -0.2) is 9.59 Å². The molecule has 1 saturated carbocycles. The maximum absolute atomic E-state index is 12.4. The van der Waals surface area contributed by atoms with Crippen LogP contribution in [0.3, 0.4) is 0 Å². The number of esters is 1. The fourth-order valence-corrected chi connectivity index (χ4v) is 4.19. The molecule has 0 saturated heterocycles. The molecule has 0 unspecified atom stereocenters. The predicted octanol–water partition coefficient (Wildman–Crippen LogP) is 4.95. The quantitative estimate of drug-likeness (QED) is 0.297. The number of ketones is 1. The summed E-state index contributed by atoms with van der Waals surface area (Å²) in [5, 5.41) is 0.791. The van der Waals surface area contributed by atoms with Crippen LogP contribution in [0, 0.1) is 6.92 Å². The summed E-state index contributed by atoms with van der Waals surface area (Å²) in [6.07, 6.45) is 6.23. The minimum atomic E-state index is -0.650. The molecule has 0 radical (unpaired) electrons. The molecule has 0 amide bonds. The van der Waals surface area contributed by atoms with Gasteiger partial charge in [-0.15, -0.1) is 0 Å². The van der Waals surface area contributed by atoms with Crippen molar-refractivity contribution in [2.75, 3.05) is 13.2 Å². The summed E-state index contributed by atoms with van der Waals surface area (Å²) in [7, 11) is 0. The highest BCUT2D eigenvalue weighted by Gasteiger charge is 2.16. The molecule has 1 heterocycles. The Morgan fingerprint density at radius 2 is 1.72 bits per heavy atom. The van der Waals surface area contributed by atoms with E-state index in [4.69, 9.17) is 13.9 Å². The lowest BCUT2D eigenvalue weighted by atomic mass is 9.84. The van der Waals surface area contributed by atoms with Crippen LogP contribution in [0.25, 0.3) is 11.0 Å². The smallest absolute Gasteiger partial charge is 0.344 e. The average Bonchev–Trinajstić information content (AvgIpc) is 2.81. The van der Waals surface area contributed by atoms with E-state index in [9.17, 15) is 14.4 Å². The number of hydrogen-bond donors (Lipinski definition) is 0. The van der Waals surface area contributed by atoms with Crippen LogP contribution in [0.5, 0.6) is 5.75 Å². The molecule has 1 aromatic heterocycles. The molecule has 3 aromatic rings. The van der Waals surface area contributed by atoms with Crippen molar-refractivity contribution in [3.63, 3.8) is 0 Å². The first kappa shape index (κ1) is 21.8. The number of benzene rings is 2. The van der Waals surface area contributed by atoms with Crippen molar-refractivity contribution in [2.24, 2.45) is 0 Å². The number of Topliss-reactive ketones (excluding diaryl/α,β-unsaturated/α-hetero) is 1. The second-order valence-electron chi connectivity index (χ2n) is 8.24. The van der Waals surface area contributed by atoms with Crippen LogP contribution < -0.4 is 10.4 Å². The molecule has 0 atom stereocenters. The van der Waals surface area contributed by atoms with Crippen molar-refractivity contribution in [3.8, 4) is 5.75 Å². The predicted molar refractivity (Wildman–Crippen MR) is 120 cm³/mol. The number of aryl methyl sites for hydroxylation is 1. The van der Waals surface area contributed by atoms with Gasteiger partial charge in [0.15, 0.2) is 19.0 Å². The highest BCUT2D eigenvalue weighted by atomic mass is 16.6. The topological polar surface area (TPSA) is 82.8 Å². The van der Waals surface area contributed by atoms with E-state index in [0.717, 1.165) is 10.9 Å². The molecule has 4 rings (SSSR count). The zero-order chi connectivity index (χ0) is 22.5. The van der Waals surface area contributed by atoms with Crippen molar-refractivity contribution in [1.82, 2.24) is 0 Å². The first-order valence-electron chi connectivity index (χ1n) is 11.0. The van der Waals surface area contributed by atoms with Crippen LogP contribution in [0.1, 0.15) is 59.5 Å². The molecule has 6 heteroatoms. The lowest BCUT2D eigenvalue weighted by Crippen LogP contribution is -2.19. The van der Waals surface area contributed by atoms with Gasteiger partial charge in [-0.05, 0) is 48.9 Å². The van der Waals surface area contributed by atoms with E-state index < -0.39 is 11.6 Å². The zero-order valence-corrected chi connectivity index (χ0v) is 18.1. The molecule has 0 aliphatic heterocycles. The lowest BCUT2D eigenvalue weighted by molar-refractivity contribution is -0.144. The van der Waals surface area contributed by atoms with Crippen molar-refractivity contribution in [1.29, 1.82) is 0 Å². The minimum Gasteiger partial charge on any atom is -0.482 e. The summed E-state index contributed by atoms with van der Waals surface area (Å²) in [5.41, 5.74) is 2.53. The van der Waals surface area contributed by atoms with Gasteiger partial charge in [0.2, 0.25) is 0 Å². The van der Waals surface area contributed by atoms with Crippen molar-refractivity contribution in [2.45, 2.75) is 44.9 Å². The first-order valence-corrected chi connectivity index (χ1v) is 11.0. The van der Waals surface area contributed by atoms with Gasteiger partial charge in [-0.3, -0.25) is 4.79 Å². The Labute approximate surface area is 186 Å². The van der Waals surface area contributed by atoms with E-state index in [1.807, 2.05) is 19.1 Å². The van der Waals surface area contributed by atoms with Gasteiger partial charge in [-0.1, -0.05) is 43.5 Å². The van der Waals surface area contributed by atoms with Gasteiger partial charge in [0.1, 0.15) is 11.3 Å². The summed E-state index contributed by atoms with van der Waals surface area (Å²) in [4.78, 5) is 35.9. The lowest BCUT2D eigenvalue weighted by Gasteiger charge is -2.22. The van der Waals surface area contributed by atoms with Crippen LogP contribution in [0.2, 0.25) is 0 Å². The number of rotatable bonds is 7. The largest absolute Gasteiger partial charge is 0.482 e. The van der Waals surface area contributed by atoms with E-state index in [-0.39, 0.29) is 19.0 Å². The fraction of sp³-hybridized carbons (Fsp3) is 0.346. The molecule has 6 nitrogen and oxygen atoms in total. The molecular weight excluding hydrogens is 408 g/mol. The van der Waals surface area contributed by atoms with E-state index in [2.05, 4.69) is 0 Å². The monoisotopic (exact) mass is 434 g/mol. The highest BCUT2D eigenvalue weighted by Crippen LogP contribution is 2.32. The Balaban J connectivity index is 1.27. The average molecular weight is 434 g/mol. The second kappa shape index (κ2) is 9.81. The zero-order valence-electron chi connectivity index (χ0n) is 18.1. The molecule has 1 fully saturated rings. The summed E-state index contributed by atoms with van der Waals surface area (Å²) in [6.45, 7) is 1.13. The number of carbonyl (C=O) groups excluding carboxylic acids is 2. The van der Waals surface area contributed by atoms with Gasteiger partial charge in [0.25, 0.3) is 0 Å². The third-order valence-corrected chi connectivity index (χ3v) is 5.95.